The monoisotopic (exact) mass is 438 g/mol. The Morgan fingerprint density at radius 3 is 1.48 bits per heavy atom. The van der Waals surface area contributed by atoms with Gasteiger partial charge in [0.15, 0.2) is 0 Å². The maximum Gasteiger partial charge on any atom is 0.440 e. The molecule has 0 fully saturated rings. The van der Waals surface area contributed by atoms with Gasteiger partial charge < -0.3 is 0 Å². The summed E-state index contributed by atoms with van der Waals surface area (Å²) in [6.07, 6.45) is -25.2. The molecular formula is C12H6F12N2S. The van der Waals surface area contributed by atoms with Gasteiger partial charge in [-0.1, -0.05) is 18.2 Å². The van der Waals surface area contributed by atoms with E-state index in [4.69, 9.17) is 0 Å². The van der Waals surface area contributed by atoms with E-state index in [9.17, 15) is 52.7 Å². The zero-order valence-electron chi connectivity index (χ0n) is 12.3. The average Bonchev–Trinajstić information content (AvgIpc) is 2.40. The average molecular weight is 438 g/mol. The second-order valence-electron chi connectivity index (χ2n) is 4.64. The van der Waals surface area contributed by atoms with Crippen LogP contribution in [-0.4, -0.2) is 40.9 Å². The molecule has 0 radical (unpaired) electrons. The highest BCUT2D eigenvalue weighted by Gasteiger charge is 2.62. The fourth-order valence-electron chi connectivity index (χ4n) is 1.53. The molecule has 0 bridgehead atoms. The summed E-state index contributed by atoms with van der Waals surface area (Å²) in [6, 6.07) is 0.466. The van der Waals surface area contributed by atoms with Crippen molar-refractivity contribution in [2.45, 2.75) is 35.6 Å². The Balaban J connectivity index is 3.60. The van der Waals surface area contributed by atoms with Gasteiger partial charge in [-0.05, 0) is 12.1 Å². The Morgan fingerprint density at radius 1 is 0.741 bits per heavy atom. The van der Waals surface area contributed by atoms with Crippen molar-refractivity contribution in [2.75, 3.05) is 0 Å². The topological polar surface area (TPSA) is 15.6 Å². The molecule has 0 aromatic heterocycles. The molecule has 1 aromatic carbocycles. The molecular weight excluding hydrogens is 432 g/mol. The molecule has 0 saturated heterocycles. The lowest BCUT2D eigenvalue weighted by Gasteiger charge is -2.31. The maximum atomic E-state index is 12.8. The van der Waals surface area contributed by atoms with Gasteiger partial charge in [-0.2, -0.15) is 57.8 Å². The minimum atomic E-state index is -6.35. The fraction of sp³-hybridized carbons (Fsp3) is 0.417. The van der Waals surface area contributed by atoms with Crippen molar-refractivity contribution in [3.05, 3.63) is 30.3 Å². The molecule has 1 rings (SSSR count). The van der Waals surface area contributed by atoms with E-state index < -0.39 is 57.7 Å². The number of hydrogen-bond acceptors (Lipinski definition) is 3. The molecule has 154 valence electrons. The van der Waals surface area contributed by atoms with Crippen LogP contribution in [0.2, 0.25) is 0 Å². The van der Waals surface area contributed by atoms with Crippen LogP contribution in [0.4, 0.5) is 52.7 Å². The second-order valence-corrected chi connectivity index (χ2v) is 5.66. The predicted octanol–water partition coefficient (Wildman–Crippen LogP) is 5.97. The number of hydrogen-bond donors (Lipinski definition) is 0. The summed E-state index contributed by atoms with van der Waals surface area (Å²) in [4.78, 5) is -0.511. The lowest BCUT2D eigenvalue weighted by Crippen LogP contribution is -2.51. The van der Waals surface area contributed by atoms with Crippen LogP contribution in [0.25, 0.3) is 0 Å². The van der Waals surface area contributed by atoms with Gasteiger partial charge >= 0.3 is 24.7 Å². The standard InChI is InChI=1S/C12H6F12N2S/c13-9(14,15)7(10(16,17)18)25-26(27-6-4-2-1-3-5-6)8(11(19,20)21)12(22,23)24/h1-5,8H. The van der Waals surface area contributed by atoms with E-state index in [0.717, 1.165) is 24.3 Å². The number of rotatable bonds is 4. The minimum Gasteiger partial charge on any atom is -0.212 e. The number of halogens is 12. The van der Waals surface area contributed by atoms with Crippen molar-refractivity contribution in [3.63, 3.8) is 0 Å². The summed E-state index contributed by atoms with van der Waals surface area (Å²) in [5.41, 5.74) is -3.77. The van der Waals surface area contributed by atoms with Gasteiger partial charge in [-0.15, -0.1) is 0 Å². The van der Waals surface area contributed by atoms with Crippen molar-refractivity contribution in [1.82, 2.24) is 4.41 Å². The van der Waals surface area contributed by atoms with Gasteiger partial charge in [0.1, 0.15) is 0 Å². The Morgan fingerprint density at radius 2 is 1.15 bits per heavy atom. The van der Waals surface area contributed by atoms with Crippen LogP contribution in [0.1, 0.15) is 0 Å². The Kier molecular flexibility index (Phi) is 6.60. The molecule has 0 unspecified atom stereocenters. The molecule has 0 aliphatic heterocycles. The zero-order valence-corrected chi connectivity index (χ0v) is 13.1. The summed E-state index contributed by atoms with van der Waals surface area (Å²) in [5.74, 6) is 0. The van der Waals surface area contributed by atoms with Crippen molar-refractivity contribution in [1.29, 1.82) is 0 Å². The normalized spacial score (nSPS) is 13.7. The molecule has 0 amide bonds. The molecule has 15 heteroatoms. The number of hydrazone groups is 1. The van der Waals surface area contributed by atoms with Gasteiger partial charge in [0.05, 0.1) is 0 Å². The molecule has 1 aromatic rings. The Labute approximate surface area is 146 Å². The van der Waals surface area contributed by atoms with Gasteiger partial charge in [-0.25, -0.2) is 4.41 Å². The van der Waals surface area contributed by atoms with E-state index in [1.807, 2.05) is 0 Å². The first-order chi connectivity index (χ1) is 11.9. The molecule has 0 aliphatic carbocycles. The quantitative estimate of drug-likeness (QED) is 0.249. The van der Waals surface area contributed by atoms with Crippen LogP contribution >= 0.6 is 11.9 Å². The van der Waals surface area contributed by atoms with Crippen molar-refractivity contribution < 1.29 is 52.7 Å². The highest BCUT2D eigenvalue weighted by atomic mass is 32.2. The van der Waals surface area contributed by atoms with Crippen LogP contribution in [0, 0.1) is 0 Å². The van der Waals surface area contributed by atoms with Crippen LogP contribution in [0.5, 0.6) is 0 Å². The van der Waals surface area contributed by atoms with Crippen molar-refractivity contribution >= 4 is 17.7 Å². The minimum absolute atomic E-state index is 0.511. The molecule has 2 nitrogen and oxygen atoms in total. The molecule has 0 aliphatic rings. The lowest BCUT2D eigenvalue weighted by molar-refractivity contribution is -0.274. The number of alkyl halides is 12. The van der Waals surface area contributed by atoms with Gasteiger partial charge in [0.2, 0.25) is 11.8 Å². The summed E-state index contributed by atoms with van der Waals surface area (Å²) in [5, 5.41) is 1.67. The Hall–Kier alpha value is -1.80. The summed E-state index contributed by atoms with van der Waals surface area (Å²) in [6.45, 7) is 0. The zero-order chi connectivity index (χ0) is 21.3. The lowest BCUT2D eigenvalue weighted by atomic mass is 10.3. The summed E-state index contributed by atoms with van der Waals surface area (Å²) < 4.78 is 151. The van der Waals surface area contributed by atoms with Crippen LogP contribution in [0.15, 0.2) is 40.3 Å². The third-order valence-corrected chi connectivity index (χ3v) is 3.48. The molecule has 0 spiro atoms. The third kappa shape index (κ3) is 6.70. The molecule has 0 heterocycles. The van der Waals surface area contributed by atoms with E-state index in [-0.39, 0.29) is 0 Å². The maximum absolute atomic E-state index is 12.8. The fourth-order valence-corrected chi connectivity index (χ4v) is 2.49. The SMILES string of the molecule is FC(F)(F)C(=NN(Sc1ccccc1)C(C(F)(F)F)C(F)(F)F)C(F)(F)F. The summed E-state index contributed by atoms with van der Waals surface area (Å²) >= 11 is -0.683. The van der Waals surface area contributed by atoms with E-state index in [1.54, 1.807) is 5.10 Å². The largest absolute Gasteiger partial charge is 0.440 e. The summed E-state index contributed by atoms with van der Waals surface area (Å²) in [7, 11) is 0. The van der Waals surface area contributed by atoms with Crippen LogP contribution < -0.4 is 0 Å². The molecule has 27 heavy (non-hydrogen) atoms. The highest BCUT2D eigenvalue weighted by molar-refractivity contribution is 7.97. The van der Waals surface area contributed by atoms with Gasteiger partial charge in [0, 0.05) is 16.8 Å². The highest BCUT2D eigenvalue weighted by Crippen LogP contribution is 2.43. The molecule has 0 saturated carbocycles. The van der Waals surface area contributed by atoms with E-state index in [2.05, 4.69) is 0 Å². The third-order valence-electron chi connectivity index (χ3n) is 2.52. The van der Waals surface area contributed by atoms with Gasteiger partial charge in [0.25, 0.3) is 0 Å². The van der Waals surface area contributed by atoms with E-state index >= 15 is 0 Å². The predicted molar refractivity (Wildman–Crippen MR) is 69.6 cm³/mol. The number of nitrogens with zero attached hydrogens (tertiary/aromatic N) is 2. The first kappa shape index (κ1) is 23.2. The van der Waals surface area contributed by atoms with Crippen molar-refractivity contribution in [2.24, 2.45) is 5.10 Å². The molecule has 0 atom stereocenters. The van der Waals surface area contributed by atoms with Gasteiger partial charge in [-0.3, -0.25) is 0 Å². The van der Waals surface area contributed by atoms with Crippen LogP contribution in [0.3, 0.4) is 0 Å². The number of benzene rings is 1. The molecule has 0 N–H and O–H groups in total. The second kappa shape index (κ2) is 7.67. The van der Waals surface area contributed by atoms with E-state index in [1.165, 1.54) is 6.07 Å². The van der Waals surface area contributed by atoms with Crippen molar-refractivity contribution in [3.8, 4) is 0 Å². The first-order valence-electron chi connectivity index (χ1n) is 6.32. The van der Waals surface area contributed by atoms with E-state index in [0.29, 0.717) is 0 Å². The van der Waals surface area contributed by atoms with Crippen LogP contribution in [-0.2, 0) is 0 Å². The Bertz CT molecular complexity index is 614. The smallest absolute Gasteiger partial charge is 0.212 e. The first-order valence-corrected chi connectivity index (χ1v) is 7.10.